The van der Waals surface area contributed by atoms with Gasteiger partial charge < -0.3 is 15.7 Å². The molecule has 1 rings (SSSR count). The molecular weight excluding hydrogens is 274 g/mol. The van der Waals surface area contributed by atoms with Gasteiger partial charge in [0.05, 0.1) is 11.5 Å². The van der Waals surface area contributed by atoms with Gasteiger partial charge in [0, 0.05) is 0 Å². The third-order valence-corrected chi connectivity index (χ3v) is 2.15. The molecule has 108 valence electrons. The van der Waals surface area contributed by atoms with Crippen LogP contribution >= 0.6 is 0 Å². The van der Waals surface area contributed by atoms with E-state index in [-0.39, 0.29) is 5.69 Å². The normalized spacial score (nSPS) is 10.0. The summed E-state index contributed by atoms with van der Waals surface area (Å²) < 4.78 is 0.969. The fourth-order valence-electron chi connectivity index (χ4n) is 1.36. The van der Waals surface area contributed by atoms with Crippen LogP contribution in [-0.4, -0.2) is 55.6 Å². The Balaban J connectivity index is 2.75. The van der Waals surface area contributed by atoms with Crippen LogP contribution < -0.4 is 5.73 Å². The summed E-state index contributed by atoms with van der Waals surface area (Å²) in [6.07, 6.45) is 1.96. The minimum absolute atomic E-state index is 0.308. The molecule has 3 N–H and O–H groups in total. The van der Waals surface area contributed by atoms with Crippen molar-refractivity contribution in [2.24, 2.45) is 5.73 Å². The van der Waals surface area contributed by atoms with Crippen LogP contribution in [0, 0.1) is 10.1 Å². The number of rotatable bonds is 7. The van der Waals surface area contributed by atoms with Gasteiger partial charge in [-0.3, -0.25) is 29.2 Å². The highest BCUT2D eigenvalue weighted by molar-refractivity contribution is 5.86. The van der Waals surface area contributed by atoms with Crippen molar-refractivity contribution in [3.8, 4) is 0 Å². The molecule has 2 amide bonds. The molecule has 1 aromatic heterocycles. The SMILES string of the molecule is NC(=O)CN(CC(=O)O)C(=O)Cn1cc([N+](=O)[O-])cn1. The summed E-state index contributed by atoms with van der Waals surface area (Å²) in [5, 5.41) is 22.7. The van der Waals surface area contributed by atoms with Crippen molar-refractivity contribution in [2.75, 3.05) is 13.1 Å². The number of nitrogens with two attached hydrogens (primary N) is 1. The molecule has 20 heavy (non-hydrogen) atoms. The summed E-state index contributed by atoms with van der Waals surface area (Å²) in [5.41, 5.74) is 4.60. The molecule has 0 aliphatic heterocycles. The molecule has 0 aliphatic rings. The summed E-state index contributed by atoms with van der Waals surface area (Å²) in [5.74, 6) is -2.93. The number of carboxylic acids is 1. The number of carbonyl (C=O) groups excluding carboxylic acids is 2. The van der Waals surface area contributed by atoms with E-state index in [9.17, 15) is 24.5 Å². The van der Waals surface area contributed by atoms with Gasteiger partial charge in [-0.2, -0.15) is 5.10 Å². The molecule has 0 saturated carbocycles. The lowest BCUT2D eigenvalue weighted by atomic mass is 10.4. The van der Waals surface area contributed by atoms with E-state index in [0.29, 0.717) is 0 Å². The van der Waals surface area contributed by atoms with Crippen LogP contribution in [0.1, 0.15) is 0 Å². The predicted molar refractivity (Wildman–Crippen MR) is 62.3 cm³/mol. The van der Waals surface area contributed by atoms with E-state index in [1.54, 1.807) is 0 Å². The van der Waals surface area contributed by atoms with Crippen molar-refractivity contribution in [3.05, 3.63) is 22.5 Å². The number of hydrogen-bond acceptors (Lipinski definition) is 6. The lowest BCUT2D eigenvalue weighted by Gasteiger charge is -2.18. The van der Waals surface area contributed by atoms with Gasteiger partial charge in [0.2, 0.25) is 11.8 Å². The molecule has 0 saturated heterocycles. The van der Waals surface area contributed by atoms with Gasteiger partial charge in [-0.1, -0.05) is 0 Å². The maximum absolute atomic E-state index is 11.8. The molecule has 0 fully saturated rings. The number of primary amides is 1. The molecule has 0 spiro atoms. The number of hydrogen-bond donors (Lipinski definition) is 2. The summed E-state index contributed by atoms with van der Waals surface area (Å²) >= 11 is 0. The van der Waals surface area contributed by atoms with E-state index < -0.39 is 42.3 Å². The standard InChI is InChI=1S/C9H11N5O6/c10-7(15)3-12(5-9(17)18)8(16)4-13-2-6(1-11-13)14(19)20/h1-2H,3-5H2,(H2,10,15)(H,17,18). The van der Waals surface area contributed by atoms with E-state index >= 15 is 0 Å². The number of nitro groups is 1. The highest BCUT2D eigenvalue weighted by atomic mass is 16.6. The monoisotopic (exact) mass is 285 g/mol. The average Bonchev–Trinajstić information content (AvgIpc) is 2.75. The molecule has 0 radical (unpaired) electrons. The number of aliphatic carboxylic acids is 1. The second-order valence-corrected chi connectivity index (χ2v) is 3.76. The van der Waals surface area contributed by atoms with Gasteiger partial charge in [-0.05, 0) is 0 Å². The van der Waals surface area contributed by atoms with E-state index in [4.69, 9.17) is 10.8 Å². The van der Waals surface area contributed by atoms with Crippen LogP contribution in [0.4, 0.5) is 5.69 Å². The molecule has 0 bridgehead atoms. The van der Waals surface area contributed by atoms with E-state index in [1.165, 1.54) is 0 Å². The largest absolute Gasteiger partial charge is 0.480 e. The summed E-state index contributed by atoms with van der Waals surface area (Å²) in [7, 11) is 0. The Morgan fingerprint density at radius 3 is 2.55 bits per heavy atom. The molecule has 11 nitrogen and oxygen atoms in total. The molecule has 0 aliphatic carbocycles. The first kappa shape index (κ1) is 15.1. The lowest BCUT2D eigenvalue weighted by molar-refractivity contribution is -0.385. The number of carboxylic acid groups (broad SMARTS) is 1. The minimum atomic E-state index is -1.31. The van der Waals surface area contributed by atoms with Crippen LogP contribution in [-0.2, 0) is 20.9 Å². The van der Waals surface area contributed by atoms with Crippen LogP contribution in [0.25, 0.3) is 0 Å². The van der Waals surface area contributed by atoms with Crippen LogP contribution in [0.5, 0.6) is 0 Å². The molecule has 1 aromatic rings. The average molecular weight is 285 g/mol. The number of nitrogens with zero attached hydrogens (tertiary/aromatic N) is 4. The van der Waals surface area contributed by atoms with Crippen LogP contribution in [0.3, 0.4) is 0 Å². The maximum atomic E-state index is 11.8. The Bertz CT molecular complexity index is 537. The van der Waals surface area contributed by atoms with Gasteiger partial charge in [-0.25, -0.2) is 0 Å². The molecule has 11 heteroatoms. The zero-order chi connectivity index (χ0) is 15.3. The Morgan fingerprint density at radius 2 is 2.10 bits per heavy atom. The van der Waals surface area contributed by atoms with Gasteiger partial charge >= 0.3 is 11.7 Å². The predicted octanol–water partition coefficient (Wildman–Crippen LogP) is -1.81. The fraction of sp³-hybridized carbons (Fsp3) is 0.333. The summed E-state index contributed by atoms with van der Waals surface area (Å²) in [6.45, 7) is -1.70. The summed E-state index contributed by atoms with van der Waals surface area (Å²) in [6, 6.07) is 0. The lowest BCUT2D eigenvalue weighted by Crippen LogP contribution is -2.43. The molecule has 0 aromatic carbocycles. The summed E-state index contributed by atoms with van der Waals surface area (Å²) in [4.78, 5) is 43.6. The fourth-order valence-corrected chi connectivity index (χ4v) is 1.36. The van der Waals surface area contributed by atoms with Gasteiger partial charge in [0.1, 0.15) is 25.5 Å². The van der Waals surface area contributed by atoms with Crippen molar-refractivity contribution >= 4 is 23.5 Å². The number of amides is 2. The topological polar surface area (TPSA) is 162 Å². The third-order valence-electron chi connectivity index (χ3n) is 2.15. The second-order valence-electron chi connectivity index (χ2n) is 3.76. The Morgan fingerprint density at radius 1 is 1.45 bits per heavy atom. The molecular formula is C9H11N5O6. The zero-order valence-corrected chi connectivity index (χ0v) is 10.1. The van der Waals surface area contributed by atoms with Crippen molar-refractivity contribution in [1.29, 1.82) is 0 Å². The van der Waals surface area contributed by atoms with Crippen LogP contribution in [0.2, 0.25) is 0 Å². The second kappa shape index (κ2) is 6.26. The Labute approximate surface area is 111 Å². The first-order valence-corrected chi connectivity index (χ1v) is 5.24. The van der Waals surface area contributed by atoms with Crippen molar-refractivity contribution < 1.29 is 24.4 Å². The van der Waals surface area contributed by atoms with Gasteiger partial charge in [-0.15, -0.1) is 0 Å². The zero-order valence-electron chi connectivity index (χ0n) is 10.1. The Hall–Kier alpha value is -2.98. The highest BCUT2D eigenvalue weighted by Crippen LogP contribution is 2.07. The third kappa shape index (κ3) is 4.36. The highest BCUT2D eigenvalue weighted by Gasteiger charge is 2.20. The smallest absolute Gasteiger partial charge is 0.323 e. The number of aromatic nitrogens is 2. The van der Waals surface area contributed by atoms with Gasteiger partial charge in [0.25, 0.3) is 0 Å². The van der Waals surface area contributed by atoms with Crippen LogP contribution in [0.15, 0.2) is 12.4 Å². The van der Waals surface area contributed by atoms with Crippen molar-refractivity contribution in [3.63, 3.8) is 0 Å². The molecule has 0 atom stereocenters. The van der Waals surface area contributed by atoms with E-state index in [2.05, 4.69) is 5.10 Å². The molecule has 0 unspecified atom stereocenters. The maximum Gasteiger partial charge on any atom is 0.323 e. The number of carbonyl (C=O) groups is 3. The van der Waals surface area contributed by atoms with Gasteiger partial charge in [0.15, 0.2) is 0 Å². The molecule has 1 heterocycles. The minimum Gasteiger partial charge on any atom is -0.480 e. The Kier molecular flexibility index (Phi) is 4.72. The van der Waals surface area contributed by atoms with Crippen molar-refractivity contribution in [2.45, 2.75) is 6.54 Å². The van der Waals surface area contributed by atoms with E-state index in [0.717, 1.165) is 22.0 Å². The quantitative estimate of drug-likeness (QED) is 0.440. The van der Waals surface area contributed by atoms with E-state index in [1.807, 2.05) is 0 Å². The first-order chi connectivity index (χ1) is 9.29. The van der Waals surface area contributed by atoms with Crippen molar-refractivity contribution in [1.82, 2.24) is 14.7 Å². The first-order valence-electron chi connectivity index (χ1n) is 5.24.